The molecule has 3 aromatic heterocycles. The van der Waals surface area contributed by atoms with E-state index in [1.807, 2.05) is 24.4 Å². The maximum Gasteiger partial charge on any atom is 0.227 e. The Hall–Kier alpha value is -4.17. The Morgan fingerprint density at radius 3 is 2.68 bits per heavy atom. The highest BCUT2D eigenvalue weighted by Gasteiger charge is 2.27. The Morgan fingerprint density at radius 2 is 1.94 bits per heavy atom. The zero-order valence-electron chi connectivity index (χ0n) is 18.8. The molecule has 1 fully saturated rings. The molecule has 1 aliphatic carbocycles. The van der Waals surface area contributed by atoms with Crippen LogP contribution in [0.25, 0.3) is 22.1 Å². The van der Waals surface area contributed by atoms with Gasteiger partial charge >= 0.3 is 0 Å². The molecular formula is C26H25N7O. The number of aromatic amines is 1. The van der Waals surface area contributed by atoms with Gasteiger partial charge in [0.15, 0.2) is 0 Å². The first-order chi connectivity index (χ1) is 16.7. The average Bonchev–Trinajstić information content (AvgIpc) is 3.48. The number of nitrogens with zero attached hydrogens (tertiary/aromatic N) is 5. The van der Waals surface area contributed by atoms with Crippen molar-refractivity contribution in [3.05, 3.63) is 59.7 Å². The van der Waals surface area contributed by atoms with Gasteiger partial charge in [0.05, 0.1) is 35.8 Å². The molecule has 1 saturated carbocycles. The molecule has 1 amide bonds. The molecule has 0 bridgehead atoms. The molecule has 0 unspecified atom stereocenters. The van der Waals surface area contributed by atoms with Crippen LogP contribution in [0.5, 0.6) is 0 Å². The van der Waals surface area contributed by atoms with Gasteiger partial charge in [-0.2, -0.15) is 10.5 Å². The Kier molecular flexibility index (Phi) is 5.97. The van der Waals surface area contributed by atoms with Crippen LogP contribution in [0.4, 0.5) is 0 Å². The van der Waals surface area contributed by atoms with Crippen LogP contribution in [0.2, 0.25) is 0 Å². The lowest BCUT2D eigenvalue weighted by atomic mass is 9.84. The number of benzene rings is 1. The molecule has 170 valence electrons. The fourth-order valence-electron chi connectivity index (χ4n) is 5.00. The van der Waals surface area contributed by atoms with E-state index >= 15 is 0 Å². The van der Waals surface area contributed by atoms with Crippen LogP contribution < -0.4 is 5.32 Å². The Bertz CT molecular complexity index is 1410. The molecule has 3 heterocycles. The van der Waals surface area contributed by atoms with Crippen LogP contribution in [0.1, 0.15) is 55.1 Å². The lowest BCUT2D eigenvalue weighted by Gasteiger charge is -2.30. The molecule has 0 radical (unpaired) electrons. The second kappa shape index (κ2) is 9.36. The third kappa shape index (κ3) is 4.23. The number of pyridine rings is 1. The molecule has 8 heteroatoms. The number of carbonyl (C=O) groups is 1. The smallest absolute Gasteiger partial charge is 0.227 e. The fourth-order valence-corrected chi connectivity index (χ4v) is 5.00. The van der Waals surface area contributed by atoms with E-state index in [-0.39, 0.29) is 18.4 Å². The van der Waals surface area contributed by atoms with E-state index in [4.69, 9.17) is 15.5 Å². The Labute approximate surface area is 197 Å². The lowest BCUT2D eigenvalue weighted by molar-refractivity contribution is -0.120. The first-order valence-electron chi connectivity index (χ1n) is 11.6. The first kappa shape index (κ1) is 21.7. The number of aromatic nitrogens is 4. The highest BCUT2D eigenvalue weighted by molar-refractivity contribution is 6.01. The van der Waals surface area contributed by atoms with Gasteiger partial charge in [0.25, 0.3) is 0 Å². The van der Waals surface area contributed by atoms with E-state index < -0.39 is 0 Å². The monoisotopic (exact) mass is 451 g/mol. The van der Waals surface area contributed by atoms with Gasteiger partial charge in [0, 0.05) is 30.6 Å². The normalized spacial score (nSPS) is 17.9. The van der Waals surface area contributed by atoms with E-state index in [2.05, 4.69) is 32.0 Å². The number of H-pyrrole nitrogens is 1. The van der Waals surface area contributed by atoms with Crippen LogP contribution in [0, 0.1) is 28.6 Å². The van der Waals surface area contributed by atoms with Crippen molar-refractivity contribution < 1.29 is 4.79 Å². The van der Waals surface area contributed by atoms with Crippen LogP contribution in [-0.2, 0) is 17.8 Å². The van der Waals surface area contributed by atoms with Crippen molar-refractivity contribution in [3.8, 4) is 12.1 Å². The number of imidazole rings is 1. The predicted molar refractivity (Wildman–Crippen MR) is 127 cm³/mol. The number of carbonyl (C=O) groups excluding carboxylic acids is 1. The molecule has 0 spiro atoms. The average molecular weight is 452 g/mol. The summed E-state index contributed by atoms with van der Waals surface area (Å²) in [5.41, 5.74) is 4.16. The highest BCUT2D eigenvalue weighted by atomic mass is 16.1. The number of hydrogen-bond donors (Lipinski definition) is 2. The van der Waals surface area contributed by atoms with Crippen molar-refractivity contribution in [1.29, 1.82) is 10.5 Å². The zero-order valence-corrected chi connectivity index (χ0v) is 18.8. The van der Waals surface area contributed by atoms with E-state index in [0.717, 1.165) is 59.1 Å². The van der Waals surface area contributed by atoms with Crippen LogP contribution in [-0.4, -0.2) is 25.4 Å². The van der Waals surface area contributed by atoms with E-state index in [1.54, 1.807) is 18.3 Å². The molecule has 8 nitrogen and oxygen atoms in total. The number of hydrogen-bond acceptors (Lipinski definition) is 5. The SMILES string of the molecule is N#CC[C@H]1CC[C@H](n2c(CC(=O)NCc3ccc(C#N)cc3)nc3cnc4[nH]ccc4c32)CC1. The molecule has 0 atom stereocenters. The highest BCUT2D eigenvalue weighted by Crippen LogP contribution is 2.38. The Balaban J connectivity index is 1.41. The molecule has 0 aliphatic heterocycles. The van der Waals surface area contributed by atoms with Crippen molar-refractivity contribution in [2.75, 3.05) is 0 Å². The summed E-state index contributed by atoms with van der Waals surface area (Å²) in [5, 5.41) is 22.0. The van der Waals surface area contributed by atoms with Gasteiger partial charge in [-0.25, -0.2) is 9.97 Å². The largest absolute Gasteiger partial charge is 0.352 e. The van der Waals surface area contributed by atoms with Gasteiger partial charge in [-0.1, -0.05) is 12.1 Å². The van der Waals surface area contributed by atoms with Gasteiger partial charge in [0.1, 0.15) is 17.0 Å². The minimum atomic E-state index is -0.0997. The standard InChI is InChI=1S/C26H25N7O/c27-11-9-17-5-7-20(8-6-17)33-23(32-22-16-31-26-21(25(22)33)10-12-29-26)13-24(34)30-15-19-3-1-18(14-28)2-4-19/h1-4,10,12,16-17,20H,5-9,13,15H2,(H,29,31)(H,30,34)/t17-,20-. The lowest BCUT2D eigenvalue weighted by Crippen LogP contribution is -2.27. The number of fused-ring (bicyclic) bond motifs is 3. The molecule has 0 saturated heterocycles. The quantitative estimate of drug-likeness (QED) is 0.453. The Morgan fingerprint density at radius 1 is 1.15 bits per heavy atom. The number of nitrogens with one attached hydrogen (secondary N) is 2. The number of nitriles is 2. The number of rotatable bonds is 6. The molecule has 34 heavy (non-hydrogen) atoms. The second-order valence-corrected chi connectivity index (χ2v) is 8.93. The summed E-state index contributed by atoms with van der Waals surface area (Å²) >= 11 is 0. The summed E-state index contributed by atoms with van der Waals surface area (Å²) < 4.78 is 2.25. The third-order valence-electron chi connectivity index (χ3n) is 6.76. The summed E-state index contributed by atoms with van der Waals surface area (Å²) in [6.45, 7) is 0.396. The third-order valence-corrected chi connectivity index (χ3v) is 6.76. The van der Waals surface area contributed by atoms with Crippen LogP contribution >= 0.6 is 0 Å². The van der Waals surface area contributed by atoms with Crippen molar-refractivity contribution >= 4 is 28.0 Å². The minimum Gasteiger partial charge on any atom is -0.352 e. The van der Waals surface area contributed by atoms with Crippen LogP contribution in [0.3, 0.4) is 0 Å². The summed E-state index contributed by atoms with van der Waals surface area (Å²) in [4.78, 5) is 25.4. The van der Waals surface area contributed by atoms with Gasteiger partial charge in [-0.05, 0) is 55.4 Å². The van der Waals surface area contributed by atoms with Crippen molar-refractivity contribution in [3.63, 3.8) is 0 Å². The second-order valence-electron chi connectivity index (χ2n) is 8.93. The van der Waals surface area contributed by atoms with E-state index in [9.17, 15) is 4.79 Å². The minimum absolute atomic E-state index is 0.0997. The number of amides is 1. The summed E-state index contributed by atoms with van der Waals surface area (Å²) in [6.07, 6.45) is 8.36. The molecular weight excluding hydrogens is 426 g/mol. The van der Waals surface area contributed by atoms with Crippen molar-refractivity contribution in [2.24, 2.45) is 5.92 Å². The van der Waals surface area contributed by atoms with Crippen LogP contribution in [0.15, 0.2) is 42.7 Å². The maximum absolute atomic E-state index is 12.9. The summed E-state index contributed by atoms with van der Waals surface area (Å²) in [5.74, 6) is 1.09. The summed E-state index contributed by atoms with van der Waals surface area (Å²) in [7, 11) is 0. The van der Waals surface area contributed by atoms with Crippen molar-refractivity contribution in [2.45, 2.75) is 51.1 Å². The van der Waals surface area contributed by atoms with Gasteiger partial charge in [-0.3, -0.25) is 4.79 Å². The zero-order chi connectivity index (χ0) is 23.5. The molecule has 5 rings (SSSR count). The molecule has 1 aromatic carbocycles. The topological polar surface area (TPSA) is 123 Å². The molecule has 4 aromatic rings. The first-order valence-corrected chi connectivity index (χ1v) is 11.6. The molecule has 2 N–H and O–H groups in total. The maximum atomic E-state index is 12.9. The predicted octanol–water partition coefficient (Wildman–Crippen LogP) is 4.29. The molecule has 1 aliphatic rings. The fraction of sp³-hybridized carbons (Fsp3) is 0.346. The van der Waals surface area contributed by atoms with E-state index in [0.29, 0.717) is 24.4 Å². The summed E-state index contributed by atoms with van der Waals surface area (Å²) in [6, 6.07) is 13.9. The van der Waals surface area contributed by atoms with E-state index in [1.165, 1.54) is 0 Å². The van der Waals surface area contributed by atoms with Crippen molar-refractivity contribution in [1.82, 2.24) is 24.8 Å². The van der Waals surface area contributed by atoms with Gasteiger partial charge in [0.2, 0.25) is 5.91 Å². The van der Waals surface area contributed by atoms with Gasteiger partial charge in [-0.15, -0.1) is 0 Å². The van der Waals surface area contributed by atoms with Gasteiger partial charge < -0.3 is 14.9 Å².